The highest BCUT2D eigenvalue weighted by molar-refractivity contribution is 7.13. The molecule has 0 unspecified atom stereocenters. The first kappa shape index (κ1) is 22.3. The molecule has 0 bridgehead atoms. The monoisotopic (exact) mass is 465 g/mol. The quantitative estimate of drug-likeness (QED) is 0.459. The number of aromatic nitrogens is 5. The third-order valence-electron chi connectivity index (χ3n) is 4.53. The van der Waals surface area contributed by atoms with Crippen LogP contribution < -0.4 is 10.6 Å². The second-order valence-electron chi connectivity index (χ2n) is 8.27. The Morgan fingerprint density at radius 1 is 1.21 bits per heavy atom. The molecule has 4 aromatic rings. The molecule has 170 valence electrons. The fourth-order valence-corrected chi connectivity index (χ4v) is 3.77. The zero-order valence-electron chi connectivity index (χ0n) is 18.6. The van der Waals surface area contributed by atoms with Gasteiger partial charge in [-0.1, -0.05) is 11.3 Å². The van der Waals surface area contributed by atoms with Gasteiger partial charge in [0.15, 0.2) is 10.8 Å². The van der Waals surface area contributed by atoms with Gasteiger partial charge in [0.25, 0.3) is 5.91 Å². The molecule has 0 aliphatic rings. The number of carbonyl (C=O) groups excluding carboxylic acids is 2. The van der Waals surface area contributed by atoms with Crippen LogP contribution in [0, 0.1) is 6.92 Å². The number of carbonyl (C=O) groups is 2. The van der Waals surface area contributed by atoms with Gasteiger partial charge in [0.1, 0.15) is 5.60 Å². The number of hydrogen-bond acceptors (Lipinski definition) is 8. The Morgan fingerprint density at radius 2 is 2.03 bits per heavy atom. The minimum Gasteiger partial charge on any atom is -0.444 e. The average Bonchev–Trinajstić information content (AvgIpc) is 3.36. The third-order valence-corrected chi connectivity index (χ3v) is 5.34. The number of benzene rings is 1. The molecule has 0 atom stereocenters. The van der Waals surface area contributed by atoms with Crippen molar-refractivity contribution in [2.24, 2.45) is 0 Å². The van der Waals surface area contributed by atoms with Crippen molar-refractivity contribution in [3.63, 3.8) is 0 Å². The molecule has 2 amide bonds. The van der Waals surface area contributed by atoms with E-state index in [-0.39, 0.29) is 18.1 Å². The van der Waals surface area contributed by atoms with Crippen molar-refractivity contribution in [2.75, 3.05) is 5.32 Å². The molecule has 3 heterocycles. The van der Waals surface area contributed by atoms with Gasteiger partial charge >= 0.3 is 6.09 Å². The highest BCUT2D eigenvalue weighted by atomic mass is 32.1. The van der Waals surface area contributed by atoms with Gasteiger partial charge in [0, 0.05) is 17.0 Å². The van der Waals surface area contributed by atoms with E-state index >= 15 is 0 Å². The Kier molecular flexibility index (Phi) is 6.05. The van der Waals surface area contributed by atoms with Crippen LogP contribution in [0.25, 0.3) is 16.6 Å². The minimum absolute atomic E-state index is 0.180. The Bertz CT molecular complexity index is 1320. The lowest BCUT2D eigenvalue weighted by molar-refractivity contribution is 0.0635. The third kappa shape index (κ3) is 5.32. The molecule has 0 fully saturated rings. The smallest absolute Gasteiger partial charge is 0.413 e. The van der Waals surface area contributed by atoms with Crippen molar-refractivity contribution in [3.8, 4) is 5.69 Å². The molecule has 10 nitrogen and oxygen atoms in total. The van der Waals surface area contributed by atoms with Crippen LogP contribution in [0.4, 0.5) is 9.93 Å². The molecule has 0 saturated carbocycles. The van der Waals surface area contributed by atoms with E-state index < -0.39 is 11.7 Å². The van der Waals surface area contributed by atoms with Crippen molar-refractivity contribution in [2.45, 2.75) is 39.8 Å². The number of thiazole rings is 1. The first-order valence-electron chi connectivity index (χ1n) is 10.2. The molecule has 1 aromatic carbocycles. The second kappa shape index (κ2) is 8.94. The standard InChI is InChI=1S/C22H23N7O3S/c1-13-18(27-28-29(13)16-7-8-17-14(10-16)6-5-9-23-17)19(30)24-11-15-12-33-20(25-15)26-21(31)32-22(2,3)4/h5-10,12H,11H2,1-4H3,(H,24,30)(H,25,26,31). The van der Waals surface area contributed by atoms with Crippen LogP contribution in [0.3, 0.4) is 0 Å². The lowest BCUT2D eigenvalue weighted by Crippen LogP contribution is -2.27. The number of hydrogen-bond donors (Lipinski definition) is 2. The SMILES string of the molecule is Cc1c(C(=O)NCc2csc(NC(=O)OC(C)(C)C)n2)nnn1-c1ccc2ncccc2c1. The number of nitrogens with one attached hydrogen (secondary N) is 2. The van der Waals surface area contributed by atoms with Crippen molar-refractivity contribution >= 4 is 39.4 Å². The number of amides is 2. The highest BCUT2D eigenvalue weighted by Crippen LogP contribution is 2.19. The molecule has 0 aliphatic heterocycles. The lowest BCUT2D eigenvalue weighted by atomic mass is 10.2. The second-order valence-corrected chi connectivity index (χ2v) is 9.13. The first-order chi connectivity index (χ1) is 15.7. The summed E-state index contributed by atoms with van der Waals surface area (Å²) in [4.78, 5) is 33.2. The van der Waals surface area contributed by atoms with Gasteiger partial charge in [-0.3, -0.25) is 15.1 Å². The fraction of sp³-hybridized carbons (Fsp3) is 0.273. The largest absolute Gasteiger partial charge is 0.444 e. The minimum atomic E-state index is -0.600. The number of ether oxygens (including phenoxy) is 1. The summed E-state index contributed by atoms with van der Waals surface area (Å²) in [5.74, 6) is -0.365. The van der Waals surface area contributed by atoms with Crippen LogP contribution >= 0.6 is 11.3 Å². The summed E-state index contributed by atoms with van der Waals surface area (Å²) in [6.45, 7) is 7.31. The predicted octanol–water partition coefficient (Wildman–Crippen LogP) is 3.86. The van der Waals surface area contributed by atoms with Crippen molar-refractivity contribution in [1.29, 1.82) is 0 Å². The van der Waals surface area contributed by atoms with Gasteiger partial charge < -0.3 is 10.1 Å². The molecule has 0 saturated heterocycles. The van der Waals surface area contributed by atoms with Gasteiger partial charge in [-0.15, -0.1) is 16.4 Å². The molecule has 0 radical (unpaired) electrons. The van der Waals surface area contributed by atoms with E-state index in [9.17, 15) is 9.59 Å². The molecule has 2 N–H and O–H groups in total. The topological polar surface area (TPSA) is 124 Å². The van der Waals surface area contributed by atoms with Crippen LogP contribution in [0.15, 0.2) is 41.9 Å². The lowest BCUT2D eigenvalue weighted by Gasteiger charge is -2.18. The summed E-state index contributed by atoms with van der Waals surface area (Å²) in [7, 11) is 0. The Hall–Kier alpha value is -3.86. The summed E-state index contributed by atoms with van der Waals surface area (Å²) >= 11 is 1.25. The van der Waals surface area contributed by atoms with E-state index in [1.165, 1.54) is 11.3 Å². The summed E-state index contributed by atoms with van der Waals surface area (Å²) in [6, 6.07) is 9.56. The van der Waals surface area contributed by atoms with Crippen LogP contribution in [0.5, 0.6) is 0 Å². The maximum absolute atomic E-state index is 12.7. The van der Waals surface area contributed by atoms with E-state index in [4.69, 9.17) is 4.74 Å². The molecule has 3 aromatic heterocycles. The molecule has 0 aliphatic carbocycles. The zero-order valence-corrected chi connectivity index (χ0v) is 19.4. The van der Waals surface area contributed by atoms with E-state index in [0.29, 0.717) is 16.5 Å². The number of rotatable bonds is 5. The normalized spacial score (nSPS) is 11.4. The molecular formula is C22H23N7O3S. The van der Waals surface area contributed by atoms with E-state index in [0.717, 1.165) is 16.6 Å². The summed E-state index contributed by atoms with van der Waals surface area (Å²) in [5, 5.41) is 16.7. The van der Waals surface area contributed by atoms with E-state index in [1.54, 1.807) is 44.0 Å². The number of nitrogens with zero attached hydrogens (tertiary/aromatic N) is 5. The number of anilines is 1. The summed E-state index contributed by atoms with van der Waals surface area (Å²) in [5.41, 5.74) is 2.51. The summed E-state index contributed by atoms with van der Waals surface area (Å²) < 4.78 is 6.83. The number of pyridine rings is 1. The summed E-state index contributed by atoms with van der Waals surface area (Å²) in [6.07, 6.45) is 1.16. The van der Waals surface area contributed by atoms with Gasteiger partial charge in [-0.2, -0.15) is 0 Å². The van der Waals surface area contributed by atoms with Crippen LogP contribution in [-0.4, -0.2) is 42.6 Å². The fourth-order valence-electron chi connectivity index (χ4n) is 3.07. The van der Waals surface area contributed by atoms with Crippen molar-refractivity contribution < 1.29 is 14.3 Å². The van der Waals surface area contributed by atoms with Crippen molar-refractivity contribution in [3.05, 3.63) is 59.0 Å². The average molecular weight is 466 g/mol. The van der Waals surface area contributed by atoms with E-state index in [2.05, 4.69) is 30.9 Å². The molecular weight excluding hydrogens is 442 g/mol. The molecule has 0 spiro atoms. The maximum Gasteiger partial charge on any atom is 0.413 e. The van der Waals surface area contributed by atoms with Crippen LogP contribution in [0.2, 0.25) is 0 Å². The molecule has 33 heavy (non-hydrogen) atoms. The first-order valence-corrected chi connectivity index (χ1v) is 11.1. The maximum atomic E-state index is 12.7. The van der Waals surface area contributed by atoms with Gasteiger partial charge in [-0.05, 0) is 52.0 Å². The molecule has 11 heteroatoms. The molecule has 4 rings (SSSR count). The van der Waals surface area contributed by atoms with Gasteiger partial charge in [-0.25, -0.2) is 14.5 Å². The predicted molar refractivity (Wildman–Crippen MR) is 125 cm³/mol. The zero-order chi connectivity index (χ0) is 23.6. The van der Waals surface area contributed by atoms with Crippen LogP contribution in [0.1, 0.15) is 42.6 Å². The highest BCUT2D eigenvalue weighted by Gasteiger charge is 2.19. The van der Waals surface area contributed by atoms with Crippen LogP contribution in [-0.2, 0) is 11.3 Å². The van der Waals surface area contributed by atoms with E-state index in [1.807, 2.05) is 30.3 Å². The Labute approximate surface area is 194 Å². The van der Waals surface area contributed by atoms with Gasteiger partial charge in [0.2, 0.25) is 0 Å². The van der Waals surface area contributed by atoms with Gasteiger partial charge in [0.05, 0.1) is 29.1 Å². The Morgan fingerprint density at radius 3 is 2.82 bits per heavy atom. The van der Waals surface area contributed by atoms with Crippen molar-refractivity contribution in [1.82, 2.24) is 30.3 Å². The Balaban J connectivity index is 1.40. The number of fused-ring (bicyclic) bond motifs is 1.